The van der Waals surface area contributed by atoms with Crippen LogP contribution < -0.4 is 0 Å². The van der Waals surface area contributed by atoms with Gasteiger partial charge in [-0.2, -0.15) is 0 Å². The summed E-state index contributed by atoms with van der Waals surface area (Å²) in [4.78, 5) is 19.8. The van der Waals surface area contributed by atoms with Crippen LogP contribution in [0.1, 0.15) is 46.5 Å². The zero-order valence-corrected chi connectivity index (χ0v) is 22.4. The van der Waals surface area contributed by atoms with Crippen LogP contribution in [0.5, 0.6) is 0 Å². The van der Waals surface area contributed by atoms with Gasteiger partial charge in [-0.25, -0.2) is 0 Å². The van der Waals surface area contributed by atoms with E-state index in [4.69, 9.17) is 39.7 Å². The minimum atomic E-state index is -0.954. The zero-order chi connectivity index (χ0) is 28.3. The number of carboxylic acid groups (broad SMARTS) is 2. The van der Waals surface area contributed by atoms with Crippen LogP contribution in [0.3, 0.4) is 0 Å². The monoisotopic (exact) mass is 544 g/mol. The number of rotatable bonds is 7. The first kappa shape index (κ1) is 37.7. The second kappa shape index (κ2) is 27.6. The van der Waals surface area contributed by atoms with Crippen LogP contribution in [0.4, 0.5) is 0 Å². The van der Waals surface area contributed by atoms with Gasteiger partial charge in [-0.05, 0) is 33.6 Å². The Balaban J connectivity index is 0. The van der Waals surface area contributed by atoms with E-state index in [1.165, 1.54) is 0 Å². The third-order valence-corrected chi connectivity index (χ3v) is 3.57. The Bertz CT molecular complexity index is 437. The summed E-state index contributed by atoms with van der Waals surface area (Å²) in [5.74, 6) is -1.74. The molecule has 0 aliphatic carbocycles. The fourth-order valence-corrected chi connectivity index (χ4v) is 0.899. The molecule has 222 valence electrons. The van der Waals surface area contributed by atoms with Crippen molar-refractivity contribution in [2.24, 2.45) is 0 Å². The molecule has 6 saturated heterocycles. The number of ether oxygens (including phenoxy) is 6. The number of carboxylic acids is 2. The third kappa shape index (κ3) is 78.8. The Morgan fingerprint density at radius 2 is 0.838 bits per heavy atom. The van der Waals surface area contributed by atoms with E-state index < -0.39 is 18.0 Å². The summed E-state index contributed by atoms with van der Waals surface area (Å²) >= 11 is 0. The first-order valence-corrected chi connectivity index (χ1v) is 12.5. The molecule has 6 aliphatic rings. The number of hydrogen-bond donors (Lipinski definition) is 5. The summed E-state index contributed by atoms with van der Waals surface area (Å²) in [6.45, 7) is 14.4. The molecule has 5 N–H and O–H groups in total. The van der Waals surface area contributed by atoms with Gasteiger partial charge < -0.3 is 54.0 Å². The van der Waals surface area contributed by atoms with Crippen molar-refractivity contribution in [1.29, 1.82) is 0 Å². The van der Waals surface area contributed by atoms with Gasteiger partial charge >= 0.3 is 11.9 Å². The smallest absolute Gasteiger partial charge is 0.303 e. The van der Waals surface area contributed by atoms with Crippen LogP contribution in [0.25, 0.3) is 0 Å². The second-order valence-electron chi connectivity index (χ2n) is 8.28. The highest BCUT2D eigenvalue weighted by molar-refractivity contribution is 5.67. The largest absolute Gasteiger partial charge is 0.481 e. The van der Waals surface area contributed by atoms with E-state index in [0.717, 1.165) is 59.5 Å². The van der Waals surface area contributed by atoms with Crippen LogP contribution in [0.15, 0.2) is 0 Å². The standard InChI is InChI=1S/C6H10O4.C3H8O3.3C3H6O.3C2H4O/c7-5(8)3-1-2-4-6(9)10;4-1-3(6)2-5;3*1-3-2-4-3;3*1-2-3-1/h1-4H2,(H,7,8)(H,9,10);3-6H,1-2H2;3*3H,2H2,1H3;3*1-2H2. The summed E-state index contributed by atoms with van der Waals surface area (Å²) < 4.78 is 27.6. The molecule has 6 rings (SSSR count). The van der Waals surface area contributed by atoms with E-state index >= 15 is 0 Å². The molecule has 0 aromatic heterocycles. The molecule has 0 aromatic rings. The van der Waals surface area contributed by atoms with E-state index in [2.05, 4.69) is 35.0 Å². The number of aliphatic carboxylic acids is 2. The minimum absolute atomic E-state index is 0.0628. The van der Waals surface area contributed by atoms with Crippen molar-refractivity contribution in [1.82, 2.24) is 0 Å². The maximum absolute atomic E-state index is 9.90. The van der Waals surface area contributed by atoms with E-state index in [1.807, 2.05) is 0 Å². The Morgan fingerprint density at radius 1 is 0.649 bits per heavy atom. The molecule has 0 spiro atoms. The number of aliphatic hydroxyl groups excluding tert-OH is 3. The topological polar surface area (TPSA) is 210 Å². The first-order chi connectivity index (χ1) is 17.6. The van der Waals surface area contributed by atoms with Crippen LogP contribution >= 0.6 is 0 Å². The summed E-state index contributed by atoms with van der Waals surface area (Å²) in [5, 5.41) is 40.3. The van der Waals surface area contributed by atoms with Gasteiger partial charge in [-0.15, -0.1) is 0 Å². The molecule has 0 aromatic carbocycles. The van der Waals surface area contributed by atoms with E-state index in [0.29, 0.717) is 31.2 Å². The lowest BCUT2D eigenvalue weighted by Crippen LogP contribution is -2.15. The van der Waals surface area contributed by atoms with Gasteiger partial charge in [0.15, 0.2) is 0 Å². The van der Waals surface area contributed by atoms with Crippen molar-refractivity contribution < 1.29 is 63.5 Å². The second-order valence-corrected chi connectivity index (χ2v) is 8.28. The molecular formula is C24H48O13. The molecule has 13 nitrogen and oxygen atoms in total. The van der Waals surface area contributed by atoms with Crippen molar-refractivity contribution >= 4 is 11.9 Å². The zero-order valence-electron chi connectivity index (χ0n) is 22.4. The SMILES string of the molecule is C1CO1.C1CO1.C1CO1.CC1CO1.CC1CO1.CC1CO1.O=C(O)CCCCC(=O)O.OCC(O)CO. The lowest BCUT2D eigenvalue weighted by atomic mass is 10.2. The Morgan fingerprint density at radius 3 is 0.892 bits per heavy atom. The Kier molecular flexibility index (Phi) is 28.2. The summed E-state index contributed by atoms with van der Waals surface area (Å²) in [6.07, 6.45) is 1.81. The van der Waals surface area contributed by atoms with Crippen molar-refractivity contribution in [3.05, 3.63) is 0 Å². The van der Waals surface area contributed by atoms with Crippen molar-refractivity contribution in [2.75, 3.05) is 72.7 Å². The number of hydrogen-bond acceptors (Lipinski definition) is 11. The number of unbranched alkanes of at least 4 members (excludes halogenated alkanes) is 1. The molecule has 6 aliphatic heterocycles. The maximum atomic E-state index is 9.90. The summed E-state index contributed by atoms with van der Waals surface area (Å²) in [7, 11) is 0. The molecular weight excluding hydrogens is 496 g/mol. The summed E-state index contributed by atoms with van der Waals surface area (Å²) in [5.41, 5.74) is 0. The molecule has 6 fully saturated rings. The fourth-order valence-electron chi connectivity index (χ4n) is 0.899. The average Bonchev–Trinajstić information content (AvgIpc) is 3.60. The van der Waals surface area contributed by atoms with E-state index in [9.17, 15) is 9.59 Å². The predicted molar refractivity (Wildman–Crippen MR) is 133 cm³/mol. The molecule has 6 heterocycles. The van der Waals surface area contributed by atoms with Crippen LogP contribution in [-0.4, -0.2) is 135 Å². The highest BCUT2D eigenvalue weighted by atomic mass is 16.6. The molecule has 37 heavy (non-hydrogen) atoms. The molecule has 0 saturated carbocycles. The van der Waals surface area contributed by atoms with Crippen LogP contribution in [0, 0.1) is 0 Å². The lowest BCUT2D eigenvalue weighted by Gasteiger charge is -1.96. The fraction of sp³-hybridized carbons (Fsp3) is 0.917. The van der Waals surface area contributed by atoms with Gasteiger partial charge in [-0.1, -0.05) is 0 Å². The summed E-state index contributed by atoms with van der Waals surface area (Å²) in [6, 6.07) is 0. The van der Waals surface area contributed by atoms with Crippen molar-refractivity contribution in [3.8, 4) is 0 Å². The predicted octanol–water partition coefficient (Wildman–Crippen LogP) is 0.313. The van der Waals surface area contributed by atoms with Crippen LogP contribution in [0.2, 0.25) is 0 Å². The van der Waals surface area contributed by atoms with Crippen molar-refractivity contribution in [2.45, 2.75) is 70.9 Å². The van der Waals surface area contributed by atoms with E-state index in [-0.39, 0.29) is 26.1 Å². The lowest BCUT2D eigenvalue weighted by molar-refractivity contribution is -0.139. The number of aliphatic hydroxyl groups is 3. The Hall–Kier alpha value is -1.42. The number of carbonyl (C=O) groups is 2. The molecule has 13 heteroatoms. The number of epoxide rings is 6. The minimum Gasteiger partial charge on any atom is -0.481 e. The average molecular weight is 545 g/mol. The van der Waals surface area contributed by atoms with Crippen LogP contribution in [-0.2, 0) is 38.0 Å². The van der Waals surface area contributed by atoms with Gasteiger partial charge in [0.25, 0.3) is 0 Å². The quantitative estimate of drug-likeness (QED) is 0.216. The van der Waals surface area contributed by atoms with Gasteiger partial charge in [-0.3, -0.25) is 9.59 Å². The Labute approximate surface area is 219 Å². The van der Waals surface area contributed by atoms with Gasteiger partial charge in [0.2, 0.25) is 0 Å². The van der Waals surface area contributed by atoms with Crippen molar-refractivity contribution in [3.63, 3.8) is 0 Å². The molecule has 0 radical (unpaired) electrons. The normalized spacial score (nSPS) is 22.8. The van der Waals surface area contributed by atoms with Gasteiger partial charge in [0.05, 0.1) is 91.0 Å². The highest BCUT2D eigenvalue weighted by Crippen LogP contribution is 2.05. The first-order valence-electron chi connectivity index (χ1n) is 12.5. The molecule has 3 atom stereocenters. The molecule has 3 unspecified atom stereocenters. The van der Waals surface area contributed by atoms with Gasteiger partial charge in [0, 0.05) is 12.8 Å². The van der Waals surface area contributed by atoms with Gasteiger partial charge in [0.1, 0.15) is 6.10 Å². The maximum Gasteiger partial charge on any atom is 0.303 e. The van der Waals surface area contributed by atoms with E-state index in [1.54, 1.807) is 0 Å². The third-order valence-electron chi connectivity index (χ3n) is 3.57. The molecule has 0 bridgehead atoms. The highest BCUT2D eigenvalue weighted by Gasteiger charge is 2.14. The molecule has 0 amide bonds.